The number of halogens is 1. The first-order valence-electron chi connectivity index (χ1n) is 4.89. The highest BCUT2D eigenvalue weighted by Crippen LogP contribution is 2.34. The van der Waals surface area contributed by atoms with E-state index in [1.807, 2.05) is 6.07 Å². The summed E-state index contributed by atoms with van der Waals surface area (Å²) < 4.78 is 13.1. The zero-order chi connectivity index (χ0) is 10.1. The van der Waals surface area contributed by atoms with Crippen molar-refractivity contribution >= 4 is 11.1 Å². The van der Waals surface area contributed by atoms with Crippen LogP contribution in [0.3, 0.4) is 0 Å². The van der Waals surface area contributed by atoms with Gasteiger partial charge in [0.2, 0.25) is 0 Å². The first-order chi connectivity index (χ1) is 6.72. The van der Waals surface area contributed by atoms with E-state index in [1.165, 1.54) is 11.6 Å². The van der Waals surface area contributed by atoms with Crippen LogP contribution in [-0.4, -0.2) is 0 Å². The summed E-state index contributed by atoms with van der Waals surface area (Å²) in [7, 11) is 0. The molecule has 0 bridgehead atoms. The Labute approximate surface area is 83.8 Å². The average molecular weight is 188 g/mol. The van der Waals surface area contributed by atoms with Crippen LogP contribution in [-0.2, 0) is 0 Å². The van der Waals surface area contributed by atoms with E-state index < -0.39 is 0 Å². The highest BCUT2D eigenvalue weighted by Gasteiger charge is 2.14. The van der Waals surface area contributed by atoms with Crippen molar-refractivity contribution in [2.45, 2.75) is 19.8 Å². The van der Waals surface area contributed by atoms with Crippen LogP contribution in [0.1, 0.15) is 30.9 Å². The summed E-state index contributed by atoms with van der Waals surface area (Å²) in [5, 5.41) is 0. The Morgan fingerprint density at radius 1 is 1.36 bits per heavy atom. The molecule has 1 aromatic rings. The van der Waals surface area contributed by atoms with E-state index in [2.05, 4.69) is 19.6 Å². The van der Waals surface area contributed by atoms with Crippen LogP contribution in [0.2, 0.25) is 0 Å². The lowest BCUT2D eigenvalue weighted by Crippen LogP contribution is -1.98. The normalized spacial score (nSPS) is 15.0. The molecule has 0 saturated heterocycles. The van der Waals surface area contributed by atoms with Crippen LogP contribution >= 0.6 is 0 Å². The molecule has 0 fully saturated rings. The van der Waals surface area contributed by atoms with Crippen molar-refractivity contribution in [1.29, 1.82) is 0 Å². The molecule has 0 amide bonds. The van der Waals surface area contributed by atoms with Crippen LogP contribution in [0.5, 0.6) is 0 Å². The van der Waals surface area contributed by atoms with Gasteiger partial charge in [-0.2, -0.15) is 0 Å². The SMILES string of the molecule is C=C1CC=C(CC)c2cc(F)ccc21. The summed E-state index contributed by atoms with van der Waals surface area (Å²) in [6, 6.07) is 4.94. The van der Waals surface area contributed by atoms with Crippen molar-refractivity contribution in [3.8, 4) is 0 Å². The number of hydrogen-bond acceptors (Lipinski definition) is 0. The summed E-state index contributed by atoms with van der Waals surface area (Å²) in [6.45, 7) is 6.08. The third-order valence-electron chi connectivity index (χ3n) is 2.68. The molecule has 1 heteroatoms. The van der Waals surface area contributed by atoms with Crippen LogP contribution in [0.4, 0.5) is 4.39 Å². The molecule has 0 aliphatic heterocycles. The number of allylic oxidation sites excluding steroid dienone is 3. The standard InChI is InChI=1S/C13H13F/c1-3-10-5-4-9(2)12-7-6-11(14)8-13(10)12/h5-8H,2-4H2,1H3. The average Bonchev–Trinajstić information content (AvgIpc) is 2.18. The minimum absolute atomic E-state index is 0.169. The monoisotopic (exact) mass is 188 g/mol. The second-order valence-electron chi connectivity index (χ2n) is 3.58. The number of benzene rings is 1. The first kappa shape index (κ1) is 9.20. The van der Waals surface area contributed by atoms with Gasteiger partial charge < -0.3 is 0 Å². The second kappa shape index (κ2) is 3.41. The van der Waals surface area contributed by atoms with Gasteiger partial charge in [0.1, 0.15) is 5.82 Å². The van der Waals surface area contributed by atoms with Crippen molar-refractivity contribution in [3.05, 3.63) is 47.8 Å². The van der Waals surface area contributed by atoms with Gasteiger partial charge in [0.05, 0.1) is 0 Å². The van der Waals surface area contributed by atoms with Gasteiger partial charge in [-0.25, -0.2) is 4.39 Å². The van der Waals surface area contributed by atoms with Crippen molar-refractivity contribution in [1.82, 2.24) is 0 Å². The quantitative estimate of drug-likeness (QED) is 0.624. The molecule has 0 heterocycles. The van der Waals surface area contributed by atoms with E-state index in [0.717, 1.165) is 29.5 Å². The van der Waals surface area contributed by atoms with Gasteiger partial charge in [-0.3, -0.25) is 0 Å². The summed E-state index contributed by atoms with van der Waals surface area (Å²) in [4.78, 5) is 0. The van der Waals surface area contributed by atoms with Gasteiger partial charge >= 0.3 is 0 Å². The van der Waals surface area contributed by atoms with Crippen LogP contribution in [0.25, 0.3) is 11.1 Å². The van der Waals surface area contributed by atoms with E-state index in [-0.39, 0.29) is 5.82 Å². The molecule has 0 unspecified atom stereocenters. The van der Waals surface area contributed by atoms with Crippen LogP contribution < -0.4 is 0 Å². The molecular formula is C13H13F. The zero-order valence-electron chi connectivity index (χ0n) is 8.31. The van der Waals surface area contributed by atoms with Gasteiger partial charge in [-0.05, 0) is 47.2 Å². The third kappa shape index (κ3) is 1.39. The topological polar surface area (TPSA) is 0 Å². The number of hydrogen-bond donors (Lipinski definition) is 0. The summed E-state index contributed by atoms with van der Waals surface area (Å²) in [5.41, 5.74) is 4.43. The predicted molar refractivity (Wildman–Crippen MR) is 58.3 cm³/mol. The fraction of sp³-hybridized carbons (Fsp3) is 0.231. The Morgan fingerprint density at radius 2 is 2.14 bits per heavy atom. The molecule has 1 aliphatic rings. The van der Waals surface area contributed by atoms with E-state index in [1.54, 1.807) is 6.07 Å². The van der Waals surface area contributed by atoms with E-state index >= 15 is 0 Å². The molecule has 0 aromatic heterocycles. The smallest absolute Gasteiger partial charge is 0.123 e. The second-order valence-corrected chi connectivity index (χ2v) is 3.58. The van der Waals surface area contributed by atoms with Crippen molar-refractivity contribution in [3.63, 3.8) is 0 Å². The lowest BCUT2D eigenvalue weighted by molar-refractivity contribution is 0.627. The van der Waals surface area contributed by atoms with E-state index in [4.69, 9.17) is 0 Å². The van der Waals surface area contributed by atoms with E-state index in [9.17, 15) is 4.39 Å². The third-order valence-corrected chi connectivity index (χ3v) is 2.68. The fourth-order valence-corrected chi connectivity index (χ4v) is 1.89. The molecular weight excluding hydrogens is 175 g/mol. The summed E-state index contributed by atoms with van der Waals surface area (Å²) in [5.74, 6) is -0.169. The van der Waals surface area contributed by atoms with Gasteiger partial charge in [-0.1, -0.05) is 25.6 Å². The lowest BCUT2D eigenvalue weighted by Gasteiger charge is -2.18. The molecule has 2 rings (SSSR count). The van der Waals surface area contributed by atoms with Crippen LogP contribution in [0, 0.1) is 5.82 Å². The zero-order valence-corrected chi connectivity index (χ0v) is 8.31. The Bertz CT molecular complexity index is 413. The molecule has 14 heavy (non-hydrogen) atoms. The van der Waals surface area contributed by atoms with Crippen molar-refractivity contribution in [2.24, 2.45) is 0 Å². The fourth-order valence-electron chi connectivity index (χ4n) is 1.89. The maximum Gasteiger partial charge on any atom is 0.123 e. The molecule has 0 saturated carbocycles. The molecule has 1 aromatic carbocycles. The molecule has 0 nitrogen and oxygen atoms in total. The number of fused-ring (bicyclic) bond motifs is 1. The van der Waals surface area contributed by atoms with Crippen LogP contribution in [0.15, 0.2) is 30.9 Å². The maximum atomic E-state index is 13.1. The molecule has 0 spiro atoms. The Balaban J connectivity index is 2.61. The number of rotatable bonds is 1. The van der Waals surface area contributed by atoms with Gasteiger partial charge in [-0.15, -0.1) is 0 Å². The Kier molecular flexibility index (Phi) is 2.24. The predicted octanol–water partition coefficient (Wildman–Crippen LogP) is 4.04. The Morgan fingerprint density at radius 3 is 2.86 bits per heavy atom. The first-order valence-corrected chi connectivity index (χ1v) is 4.89. The van der Waals surface area contributed by atoms with Gasteiger partial charge in [0, 0.05) is 0 Å². The molecule has 72 valence electrons. The Hall–Kier alpha value is -1.37. The van der Waals surface area contributed by atoms with Crippen molar-refractivity contribution in [2.75, 3.05) is 0 Å². The highest BCUT2D eigenvalue weighted by molar-refractivity contribution is 5.83. The minimum Gasteiger partial charge on any atom is -0.207 e. The molecule has 1 aliphatic carbocycles. The summed E-state index contributed by atoms with van der Waals surface area (Å²) >= 11 is 0. The lowest BCUT2D eigenvalue weighted by atomic mass is 9.87. The highest BCUT2D eigenvalue weighted by atomic mass is 19.1. The van der Waals surface area contributed by atoms with Gasteiger partial charge in [0.15, 0.2) is 0 Å². The summed E-state index contributed by atoms with van der Waals surface area (Å²) in [6.07, 6.45) is 3.98. The molecule has 0 radical (unpaired) electrons. The molecule has 0 atom stereocenters. The minimum atomic E-state index is -0.169. The van der Waals surface area contributed by atoms with Gasteiger partial charge in [0.25, 0.3) is 0 Å². The van der Waals surface area contributed by atoms with Crippen molar-refractivity contribution < 1.29 is 4.39 Å². The molecule has 0 N–H and O–H groups in total. The largest absolute Gasteiger partial charge is 0.207 e. The maximum absolute atomic E-state index is 13.1. The van der Waals surface area contributed by atoms with E-state index in [0.29, 0.717) is 0 Å².